The summed E-state index contributed by atoms with van der Waals surface area (Å²) >= 11 is 1.29. The average molecular weight is 548 g/mol. The molecular weight excluding hydrogens is 523 g/mol. The van der Waals surface area contributed by atoms with Gasteiger partial charge in [-0.05, 0) is 65.9 Å². The van der Waals surface area contributed by atoms with Gasteiger partial charge in [0.1, 0.15) is 5.51 Å². The highest BCUT2D eigenvalue weighted by atomic mass is 32.2. The van der Waals surface area contributed by atoms with Crippen molar-refractivity contribution in [2.75, 3.05) is 6.26 Å². The van der Waals surface area contributed by atoms with Crippen molar-refractivity contribution in [2.45, 2.75) is 28.7 Å². The lowest BCUT2D eigenvalue weighted by molar-refractivity contribution is 0.561. The van der Waals surface area contributed by atoms with Crippen molar-refractivity contribution in [1.29, 1.82) is 0 Å². The minimum atomic E-state index is -3.37. The molecule has 3 aromatic carbocycles. The zero-order chi connectivity index (χ0) is 26.2. The third-order valence-electron chi connectivity index (χ3n) is 6.65. The van der Waals surface area contributed by atoms with Gasteiger partial charge in [-0.3, -0.25) is 9.19 Å². The normalized spacial score (nSPS) is 13.1. The molecule has 0 saturated carbocycles. The Balaban J connectivity index is 1.63. The van der Waals surface area contributed by atoms with Crippen molar-refractivity contribution in [2.24, 2.45) is 0 Å². The summed E-state index contributed by atoms with van der Waals surface area (Å²) in [5.41, 5.74) is 7.78. The summed E-state index contributed by atoms with van der Waals surface area (Å²) in [6, 6.07) is 23.6. The van der Waals surface area contributed by atoms with Crippen LogP contribution in [0.1, 0.15) is 25.0 Å². The highest BCUT2D eigenvalue weighted by Crippen LogP contribution is 2.38. The maximum absolute atomic E-state index is 12.9. The maximum Gasteiger partial charge on any atom is 0.204 e. The monoisotopic (exact) mass is 547 g/mol. The molecule has 37 heavy (non-hydrogen) atoms. The molecule has 0 fully saturated rings. The van der Waals surface area contributed by atoms with Crippen LogP contribution in [-0.4, -0.2) is 34.1 Å². The van der Waals surface area contributed by atoms with Gasteiger partial charge in [-0.25, -0.2) is 8.42 Å². The van der Waals surface area contributed by atoms with Crippen molar-refractivity contribution >= 4 is 42.9 Å². The van der Waals surface area contributed by atoms with Gasteiger partial charge in [0.25, 0.3) is 0 Å². The molecule has 1 unspecified atom stereocenters. The molecule has 5 rings (SSSR count). The predicted molar refractivity (Wildman–Crippen MR) is 151 cm³/mol. The second-order valence-corrected chi connectivity index (χ2v) is 14.3. The van der Waals surface area contributed by atoms with E-state index in [2.05, 4.69) is 21.2 Å². The zero-order valence-electron chi connectivity index (χ0n) is 20.6. The molecule has 0 bridgehead atoms. The van der Waals surface area contributed by atoms with Crippen molar-refractivity contribution in [3.63, 3.8) is 0 Å². The highest BCUT2D eigenvalue weighted by molar-refractivity contribution is 7.91. The highest BCUT2D eigenvalue weighted by Gasteiger charge is 2.33. The third kappa shape index (κ3) is 4.99. The summed E-state index contributed by atoms with van der Waals surface area (Å²) in [6.45, 7) is 3.46. The Bertz CT molecular complexity index is 1730. The van der Waals surface area contributed by atoms with Crippen molar-refractivity contribution < 1.29 is 12.6 Å². The van der Waals surface area contributed by atoms with Gasteiger partial charge in [0.05, 0.1) is 26.8 Å². The fourth-order valence-corrected chi connectivity index (χ4v) is 6.58. The van der Waals surface area contributed by atoms with Gasteiger partial charge in [-0.15, -0.1) is 10.2 Å². The molecule has 0 radical (unpaired) electrons. The number of nitrogens with zero attached hydrogens (tertiary/aromatic N) is 3. The smallest absolute Gasteiger partial charge is 0.204 e. The number of sulfone groups is 1. The quantitative estimate of drug-likeness (QED) is 0.248. The Morgan fingerprint density at radius 3 is 2.41 bits per heavy atom. The summed E-state index contributed by atoms with van der Waals surface area (Å²) in [6.07, 6.45) is 3.01. The Kier molecular flexibility index (Phi) is 6.78. The van der Waals surface area contributed by atoms with E-state index < -0.39 is 25.4 Å². The van der Waals surface area contributed by atoms with Crippen LogP contribution in [0.5, 0.6) is 0 Å². The van der Waals surface area contributed by atoms with Crippen LogP contribution in [0.25, 0.3) is 33.2 Å². The Labute approximate surface area is 222 Å². The zero-order valence-corrected chi connectivity index (χ0v) is 23.0. The Morgan fingerprint density at radius 2 is 1.68 bits per heavy atom. The van der Waals surface area contributed by atoms with E-state index in [4.69, 9.17) is 0 Å². The number of hydrogen-bond donors (Lipinski definition) is 0. The second-order valence-electron chi connectivity index (χ2n) is 9.31. The molecule has 0 aliphatic heterocycles. The van der Waals surface area contributed by atoms with Gasteiger partial charge in [0.2, 0.25) is 4.34 Å². The number of rotatable bonds is 7. The molecule has 0 saturated heterocycles. The van der Waals surface area contributed by atoms with Crippen LogP contribution in [-0.2, 0) is 31.1 Å². The SMILES string of the molecule is CC(C)(c1cc(-c2cccc(-c3ccccc3CS(=O)c3nncs3)c2)c2ncccc2c1)S(C)(=O)=O. The number of hydrogen-bond acceptors (Lipinski definition) is 7. The van der Waals surface area contributed by atoms with E-state index in [0.717, 1.165) is 38.7 Å². The number of pyridine rings is 1. The lowest BCUT2D eigenvalue weighted by Crippen LogP contribution is -2.28. The van der Waals surface area contributed by atoms with Crippen LogP contribution < -0.4 is 0 Å². The lowest BCUT2D eigenvalue weighted by atomic mass is 9.91. The van der Waals surface area contributed by atoms with Gasteiger partial charge < -0.3 is 0 Å². The fourth-order valence-electron chi connectivity index (χ4n) is 4.22. The molecule has 188 valence electrons. The van der Waals surface area contributed by atoms with E-state index in [0.29, 0.717) is 15.7 Å². The predicted octanol–water partition coefficient (Wildman–Crippen LogP) is 6.01. The number of benzene rings is 3. The second kappa shape index (κ2) is 9.89. The Morgan fingerprint density at radius 1 is 0.919 bits per heavy atom. The molecule has 9 heteroatoms. The first kappa shape index (κ1) is 25.4. The van der Waals surface area contributed by atoms with Crippen molar-refractivity contribution in [3.05, 3.63) is 95.6 Å². The molecular formula is C28H25N3O3S3. The molecule has 0 N–H and O–H groups in total. The van der Waals surface area contributed by atoms with Gasteiger partial charge in [0, 0.05) is 23.4 Å². The summed E-state index contributed by atoms with van der Waals surface area (Å²) in [4.78, 5) is 4.63. The van der Waals surface area contributed by atoms with Crippen molar-refractivity contribution in [3.8, 4) is 22.3 Å². The van der Waals surface area contributed by atoms with Gasteiger partial charge in [-0.2, -0.15) is 0 Å². The van der Waals surface area contributed by atoms with Crippen LogP contribution in [0.3, 0.4) is 0 Å². The van der Waals surface area contributed by atoms with Crippen LogP contribution >= 0.6 is 11.3 Å². The topological polar surface area (TPSA) is 89.9 Å². The molecule has 0 spiro atoms. The van der Waals surface area contributed by atoms with E-state index in [-0.39, 0.29) is 0 Å². The van der Waals surface area contributed by atoms with E-state index in [9.17, 15) is 12.6 Å². The molecule has 2 aromatic heterocycles. The number of fused-ring (bicyclic) bond motifs is 1. The van der Waals surface area contributed by atoms with E-state index >= 15 is 0 Å². The molecule has 5 aromatic rings. The van der Waals surface area contributed by atoms with E-state index in [1.807, 2.05) is 66.7 Å². The largest absolute Gasteiger partial charge is 0.256 e. The molecule has 1 atom stereocenters. The minimum Gasteiger partial charge on any atom is -0.256 e. The average Bonchev–Trinajstić information content (AvgIpc) is 3.43. The Hall–Kier alpha value is -3.27. The van der Waals surface area contributed by atoms with Crippen molar-refractivity contribution in [1.82, 2.24) is 15.2 Å². The fraction of sp³-hybridized carbons (Fsp3) is 0.179. The maximum atomic E-state index is 12.9. The molecule has 0 amide bonds. The summed E-state index contributed by atoms with van der Waals surface area (Å²) < 4.78 is 37.6. The molecule has 6 nitrogen and oxygen atoms in total. The summed E-state index contributed by atoms with van der Waals surface area (Å²) in [5, 5.41) is 8.65. The molecule has 0 aliphatic carbocycles. The van der Waals surface area contributed by atoms with Gasteiger partial charge in [0.15, 0.2) is 9.84 Å². The van der Waals surface area contributed by atoms with Gasteiger partial charge in [-0.1, -0.05) is 59.9 Å². The van der Waals surface area contributed by atoms with Gasteiger partial charge >= 0.3 is 0 Å². The first-order chi connectivity index (χ1) is 17.6. The van der Waals surface area contributed by atoms with Crippen LogP contribution in [0.15, 0.2) is 88.8 Å². The standard InChI is InChI=1S/C28H25N3O3S3/c1-28(2,37(3,33)34)23-15-21-11-7-13-29-26(21)25(16-23)20-10-6-9-19(14-20)24-12-5-4-8-22(24)17-36(32)27-31-30-18-35-27/h4-16,18H,17H2,1-3H3. The molecule has 0 aliphatic rings. The van der Waals surface area contributed by atoms with Crippen LogP contribution in [0.4, 0.5) is 0 Å². The summed E-state index contributed by atoms with van der Waals surface area (Å²) in [5.74, 6) is 0.331. The molecule has 2 heterocycles. The van der Waals surface area contributed by atoms with E-state index in [1.54, 1.807) is 25.6 Å². The minimum absolute atomic E-state index is 0.331. The summed E-state index contributed by atoms with van der Waals surface area (Å²) in [7, 11) is -4.66. The van der Waals surface area contributed by atoms with E-state index in [1.165, 1.54) is 17.6 Å². The number of aromatic nitrogens is 3. The van der Waals surface area contributed by atoms with Crippen LogP contribution in [0, 0.1) is 0 Å². The lowest BCUT2D eigenvalue weighted by Gasteiger charge is -2.24. The first-order valence-electron chi connectivity index (χ1n) is 11.6. The first-order valence-corrected chi connectivity index (χ1v) is 15.7. The third-order valence-corrected chi connectivity index (χ3v) is 11.1. The van der Waals surface area contributed by atoms with Crippen LogP contribution in [0.2, 0.25) is 0 Å².